The maximum Gasteiger partial charge on any atom is 0.248 e. The zero-order valence-electron chi connectivity index (χ0n) is 16.1. The average Bonchev–Trinajstić information content (AvgIpc) is 2.70. The van der Waals surface area contributed by atoms with Crippen molar-refractivity contribution >= 4 is 17.5 Å². The van der Waals surface area contributed by atoms with Crippen LogP contribution in [0.2, 0.25) is 0 Å². The topological polar surface area (TPSA) is 93.7 Å². The van der Waals surface area contributed by atoms with Crippen molar-refractivity contribution in [3.05, 3.63) is 42.4 Å². The van der Waals surface area contributed by atoms with Gasteiger partial charge < -0.3 is 19.7 Å². The molecular formula is C20H24N4O4. The molecule has 1 fully saturated rings. The number of carbonyl (C=O) groups is 2. The molecule has 0 spiro atoms. The molecule has 0 saturated carbocycles. The number of aromatic nitrogens is 2. The Bertz CT molecular complexity index is 825. The summed E-state index contributed by atoms with van der Waals surface area (Å²) in [6.45, 7) is 2.83. The molecule has 0 aliphatic carbocycles. The second-order valence-electron chi connectivity index (χ2n) is 6.67. The van der Waals surface area contributed by atoms with Crippen molar-refractivity contribution in [2.24, 2.45) is 0 Å². The fourth-order valence-corrected chi connectivity index (χ4v) is 3.26. The zero-order valence-corrected chi connectivity index (χ0v) is 16.1. The monoisotopic (exact) mass is 384 g/mol. The van der Waals surface area contributed by atoms with Gasteiger partial charge in [-0.25, -0.2) is 4.98 Å². The lowest BCUT2D eigenvalue weighted by Gasteiger charge is -2.32. The molecule has 1 aliphatic rings. The number of nitrogens with zero attached hydrogens (tertiary/aromatic N) is 3. The fourth-order valence-electron chi connectivity index (χ4n) is 3.26. The summed E-state index contributed by atoms with van der Waals surface area (Å²) in [5, 5.41) is 2.71. The summed E-state index contributed by atoms with van der Waals surface area (Å²) in [5.74, 6) is 0.929. The van der Waals surface area contributed by atoms with Crippen molar-refractivity contribution in [3.63, 3.8) is 0 Å². The normalized spacial score (nSPS) is 16.5. The first-order chi connectivity index (χ1) is 13.6. The average molecular weight is 384 g/mol. The Morgan fingerprint density at radius 1 is 1.21 bits per heavy atom. The standard InChI is InChI=1S/C20H24N4O4/c1-14(25)23-16-5-7-17(8-6-16)28-20-19(21-9-10-22-20)15-4-3-11-24(12-15)18(26)13-27-2/h5-10,15H,3-4,11-13H2,1-2H3,(H,23,25)/t15-/m0/s1. The van der Waals surface area contributed by atoms with E-state index in [4.69, 9.17) is 9.47 Å². The van der Waals surface area contributed by atoms with Gasteiger partial charge in [-0.05, 0) is 37.1 Å². The highest BCUT2D eigenvalue weighted by Gasteiger charge is 2.28. The second kappa shape index (κ2) is 9.27. The van der Waals surface area contributed by atoms with Crippen LogP contribution in [0.4, 0.5) is 5.69 Å². The van der Waals surface area contributed by atoms with E-state index in [1.165, 1.54) is 14.0 Å². The van der Waals surface area contributed by atoms with E-state index in [0.717, 1.165) is 25.1 Å². The molecule has 1 aliphatic heterocycles. The number of piperidine rings is 1. The van der Waals surface area contributed by atoms with Crippen molar-refractivity contribution in [2.45, 2.75) is 25.7 Å². The van der Waals surface area contributed by atoms with Crippen LogP contribution in [-0.4, -0.2) is 53.5 Å². The Kier molecular flexibility index (Phi) is 6.54. The van der Waals surface area contributed by atoms with Crippen molar-refractivity contribution < 1.29 is 19.1 Å². The fraction of sp³-hybridized carbons (Fsp3) is 0.400. The molecule has 148 valence electrons. The lowest BCUT2D eigenvalue weighted by atomic mass is 9.94. The van der Waals surface area contributed by atoms with Crippen LogP contribution in [0.5, 0.6) is 11.6 Å². The highest BCUT2D eigenvalue weighted by molar-refractivity contribution is 5.88. The molecule has 2 amide bonds. The largest absolute Gasteiger partial charge is 0.437 e. The summed E-state index contributed by atoms with van der Waals surface area (Å²) in [4.78, 5) is 33.9. The molecule has 2 heterocycles. The number of benzene rings is 1. The zero-order chi connectivity index (χ0) is 19.9. The van der Waals surface area contributed by atoms with Crippen LogP contribution >= 0.6 is 0 Å². The van der Waals surface area contributed by atoms with Gasteiger partial charge in [0.05, 0.1) is 0 Å². The maximum atomic E-state index is 12.2. The summed E-state index contributed by atoms with van der Waals surface area (Å²) >= 11 is 0. The third-order valence-corrected chi connectivity index (χ3v) is 4.51. The van der Waals surface area contributed by atoms with Gasteiger partial charge in [-0.1, -0.05) is 0 Å². The molecule has 1 N–H and O–H groups in total. The Morgan fingerprint density at radius 2 is 1.96 bits per heavy atom. The van der Waals surface area contributed by atoms with E-state index in [2.05, 4.69) is 15.3 Å². The number of anilines is 1. The van der Waals surface area contributed by atoms with Gasteiger partial charge in [-0.2, -0.15) is 0 Å². The molecule has 8 heteroatoms. The Labute approximate surface area is 163 Å². The van der Waals surface area contributed by atoms with Gasteiger partial charge in [0.2, 0.25) is 17.7 Å². The van der Waals surface area contributed by atoms with Gasteiger partial charge in [0, 0.05) is 51.1 Å². The van der Waals surface area contributed by atoms with Gasteiger partial charge in [0.25, 0.3) is 0 Å². The highest BCUT2D eigenvalue weighted by Crippen LogP contribution is 2.32. The summed E-state index contributed by atoms with van der Waals surface area (Å²) in [6.07, 6.45) is 5.02. The molecule has 0 unspecified atom stereocenters. The van der Waals surface area contributed by atoms with Crippen molar-refractivity contribution in [3.8, 4) is 11.6 Å². The summed E-state index contributed by atoms with van der Waals surface area (Å²) < 4.78 is 10.9. The predicted octanol–water partition coefficient (Wildman–Crippen LogP) is 2.58. The number of nitrogens with one attached hydrogen (secondary N) is 1. The number of methoxy groups -OCH3 is 1. The van der Waals surface area contributed by atoms with E-state index in [1.807, 2.05) is 0 Å². The third-order valence-electron chi connectivity index (χ3n) is 4.51. The predicted molar refractivity (Wildman–Crippen MR) is 103 cm³/mol. The summed E-state index contributed by atoms with van der Waals surface area (Å²) in [7, 11) is 1.52. The molecule has 1 aromatic carbocycles. The third kappa shape index (κ3) is 5.04. The van der Waals surface area contributed by atoms with Crippen LogP contribution in [0.1, 0.15) is 31.4 Å². The van der Waals surface area contributed by atoms with Crippen LogP contribution in [0.15, 0.2) is 36.7 Å². The minimum Gasteiger partial charge on any atom is -0.437 e. The summed E-state index contributed by atoms with van der Waals surface area (Å²) in [5.41, 5.74) is 1.43. The number of likely N-dealkylation sites (tertiary alicyclic amines) is 1. The molecule has 0 radical (unpaired) electrons. The number of amides is 2. The first-order valence-electron chi connectivity index (χ1n) is 9.20. The minimum absolute atomic E-state index is 0.0212. The molecule has 28 heavy (non-hydrogen) atoms. The first kappa shape index (κ1) is 19.8. The molecule has 1 atom stereocenters. The summed E-state index contributed by atoms with van der Waals surface area (Å²) in [6, 6.07) is 7.05. The van der Waals surface area contributed by atoms with E-state index in [1.54, 1.807) is 41.6 Å². The Hall–Kier alpha value is -3.00. The van der Waals surface area contributed by atoms with Crippen molar-refractivity contribution in [1.82, 2.24) is 14.9 Å². The first-order valence-corrected chi connectivity index (χ1v) is 9.20. The van der Waals surface area contributed by atoms with E-state index in [0.29, 0.717) is 23.9 Å². The van der Waals surface area contributed by atoms with Crippen molar-refractivity contribution in [2.75, 3.05) is 32.1 Å². The van der Waals surface area contributed by atoms with Crippen LogP contribution < -0.4 is 10.1 Å². The number of hydrogen-bond acceptors (Lipinski definition) is 6. The van der Waals surface area contributed by atoms with Gasteiger partial charge in [-0.3, -0.25) is 14.6 Å². The van der Waals surface area contributed by atoms with E-state index in [-0.39, 0.29) is 24.3 Å². The Morgan fingerprint density at radius 3 is 2.68 bits per heavy atom. The molecule has 1 saturated heterocycles. The molecule has 2 aromatic rings. The maximum absolute atomic E-state index is 12.2. The lowest BCUT2D eigenvalue weighted by molar-refractivity contribution is -0.136. The van der Waals surface area contributed by atoms with Crippen LogP contribution in [-0.2, 0) is 14.3 Å². The van der Waals surface area contributed by atoms with Crippen LogP contribution in [0.3, 0.4) is 0 Å². The van der Waals surface area contributed by atoms with E-state index in [9.17, 15) is 9.59 Å². The lowest BCUT2D eigenvalue weighted by Crippen LogP contribution is -2.41. The van der Waals surface area contributed by atoms with E-state index < -0.39 is 0 Å². The number of ether oxygens (including phenoxy) is 2. The number of carbonyl (C=O) groups excluding carboxylic acids is 2. The number of rotatable bonds is 6. The van der Waals surface area contributed by atoms with E-state index >= 15 is 0 Å². The molecule has 1 aromatic heterocycles. The van der Waals surface area contributed by atoms with Gasteiger partial charge >= 0.3 is 0 Å². The van der Waals surface area contributed by atoms with Crippen molar-refractivity contribution in [1.29, 1.82) is 0 Å². The molecule has 8 nitrogen and oxygen atoms in total. The van der Waals surface area contributed by atoms with Crippen LogP contribution in [0, 0.1) is 0 Å². The Balaban J connectivity index is 1.74. The van der Waals surface area contributed by atoms with Gasteiger partial charge in [-0.15, -0.1) is 0 Å². The molecule has 0 bridgehead atoms. The SMILES string of the molecule is COCC(=O)N1CCC[C@H](c2nccnc2Oc2ccc(NC(C)=O)cc2)C1. The molecular weight excluding hydrogens is 360 g/mol. The number of hydrogen-bond donors (Lipinski definition) is 1. The van der Waals surface area contributed by atoms with Gasteiger partial charge in [0.1, 0.15) is 18.1 Å². The highest BCUT2D eigenvalue weighted by atomic mass is 16.5. The second-order valence-corrected chi connectivity index (χ2v) is 6.67. The van der Waals surface area contributed by atoms with Crippen LogP contribution in [0.25, 0.3) is 0 Å². The minimum atomic E-state index is -0.130. The molecule has 3 rings (SSSR count). The smallest absolute Gasteiger partial charge is 0.248 e. The van der Waals surface area contributed by atoms with Gasteiger partial charge in [0.15, 0.2) is 0 Å². The quantitative estimate of drug-likeness (QED) is 0.823.